The van der Waals surface area contributed by atoms with E-state index in [1.807, 2.05) is 36.4 Å². The van der Waals surface area contributed by atoms with Crippen LogP contribution in [0.1, 0.15) is 18.4 Å². The van der Waals surface area contributed by atoms with E-state index in [0.29, 0.717) is 5.91 Å². The van der Waals surface area contributed by atoms with E-state index >= 15 is 0 Å². The molecule has 0 saturated carbocycles. The van der Waals surface area contributed by atoms with Crippen LogP contribution in [0.5, 0.6) is 5.75 Å². The third kappa shape index (κ3) is 5.46. The lowest BCUT2D eigenvalue weighted by Crippen LogP contribution is -2.51. The zero-order chi connectivity index (χ0) is 24.0. The molecule has 2 saturated heterocycles. The Balaban J connectivity index is 1.11. The summed E-state index contributed by atoms with van der Waals surface area (Å²) in [6, 6.07) is 22.4. The Morgan fingerprint density at radius 2 is 1.57 bits per heavy atom. The van der Waals surface area contributed by atoms with Gasteiger partial charge in [-0.3, -0.25) is 9.69 Å². The van der Waals surface area contributed by atoms with Gasteiger partial charge in [0, 0.05) is 57.3 Å². The molecular formula is C28H33N5O2. The maximum atomic E-state index is 13.2. The molecule has 0 aliphatic carbocycles. The van der Waals surface area contributed by atoms with Gasteiger partial charge in [0.25, 0.3) is 0 Å². The lowest BCUT2D eigenvalue weighted by molar-refractivity contribution is -0.138. The normalized spacial score (nSPS) is 17.4. The first-order valence-corrected chi connectivity index (χ1v) is 12.5. The molecule has 7 heteroatoms. The van der Waals surface area contributed by atoms with Gasteiger partial charge in [0.15, 0.2) is 5.82 Å². The van der Waals surface area contributed by atoms with E-state index < -0.39 is 0 Å². The zero-order valence-electron chi connectivity index (χ0n) is 20.3. The van der Waals surface area contributed by atoms with Gasteiger partial charge in [-0.05, 0) is 42.7 Å². The molecule has 5 rings (SSSR count). The van der Waals surface area contributed by atoms with Crippen LogP contribution in [0, 0.1) is 5.92 Å². The first-order chi connectivity index (χ1) is 17.2. The molecule has 7 nitrogen and oxygen atoms in total. The van der Waals surface area contributed by atoms with Crippen molar-refractivity contribution in [2.75, 3.05) is 51.3 Å². The van der Waals surface area contributed by atoms with Crippen molar-refractivity contribution in [1.82, 2.24) is 20.0 Å². The molecule has 1 amide bonds. The van der Waals surface area contributed by atoms with Crippen LogP contribution in [-0.2, 0) is 11.3 Å². The van der Waals surface area contributed by atoms with Gasteiger partial charge >= 0.3 is 0 Å². The van der Waals surface area contributed by atoms with Crippen LogP contribution in [0.25, 0.3) is 11.3 Å². The predicted molar refractivity (Wildman–Crippen MR) is 137 cm³/mol. The number of methoxy groups -OCH3 is 1. The van der Waals surface area contributed by atoms with Crippen molar-refractivity contribution >= 4 is 11.7 Å². The number of ether oxygens (including phenoxy) is 1. The van der Waals surface area contributed by atoms with Crippen molar-refractivity contribution in [3.05, 3.63) is 72.3 Å². The summed E-state index contributed by atoms with van der Waals surface area (Å²) in [5.74, 6) is 2.08. The molecular weight excluding hydrogens is 438 g/mol. The summed E-state index contributed by atoms with van der Waals surface area (Å²) in [6.45, 7) is 6.13. The molecule has 0 N–H and O–H groups in total. The summed E-state index contributed by atoms with van der Waals surface area (Å²) >= 11 is 0. The van der Waals surface area contributed by atoms with Crippen molar-refractivity contribution < 1.29 is 9.53 Å². The molecule has 0 unspecified atom stereocenters. The van der Waals surface area contributed by atoms with Crippen LogP contribution >= 0.6 is 0 Å². The number of hydrogen-bond acceptors (Lipinski definition) is 6. The highest BCUT2D eigenvalue weighted by molar-refractivity contribution is 5.79. The standard InChI is InChI=1S/C28H33N5O2/c1-35-26-10-6-5-9-24(26)25-11-12-27(30-29-25)32-15-13-23(14-16-32)28(34)33-19-17-31(18-20-33)21-22-7-3-2-4-8-22/h2-12,23H,13-21H2,1H3. The second kappa shape index (κ2) is 10.9. The first-order valence-electron chi connectivity index (χ1n) is 12.5. The molecule has 2 aliphatic rings. The van der Waals surface area contributed by atoms with E-state index in [-0.39, 0.29) is 5.92 Å². The number of rotatable bonds is 6. The van der Waals surface area contributed by atoms with Crippen molar-refractivity contribution in [3.8, 4) is 17.0 Å². The van der Waals surface area contributed by atoms with E-state index in [1.54, 1.807) is 7.11 Å². The number of carbonyl (C=O) groups excluding carboxylic acids is 1. The van der Waals surface area contributed by atoms with Gasteiger partial charge in [0.1, 0.15) is 5.75 Å². The molecule has 0 bridgehead atoms. The number of piperidine rings is 1. The maximum absolute atomic E-state index is 13.2. The highest BCUT2D eigenvalue weighted by atomic mass is 16.5. The maximum Gasteiger partial charge on any atom is 0.225 e. The lowest BCUT2D eigenvalue weighted by Gasteiger charge is -2.38. The SMILES string of the molecule is COc1ccccc1-c1ccc(N2CCC(C(=O)N3CCN(Cc4ccccc4)CC3)CC2)nn1. The van der Waals surface area contributed by atoms with Crippen molar-refractivity contribution in [2.45, 2.75) is 19.4 Å². The van der Waals surface area contributed by atoms with Crippen LogP contribution in [-0.4, -0.2) is 72.3 Å². The van der Waals surface area contributed by atoms with Crippen molar-refractivity contribution in [2.24, 2.45) is 5.92 Å². The van der Waals surface area contributed by atoms with Gasteiger partial charge < -0.3 is 14.5 Å². The van der Waals surface area contributed by atoms with E-state index in [0.717, 1.165) is 81.5 Å². The van der Waals surface area contributed by atoms with Crippen LogP contribution < -0.4 is 9.64 Å². The molecule has 0 spiro atoms. The van der Waals surface area contributed by atoms with Gasteiger partial charge in [0.05, 0.1) is 12.8 Å². The largest absolute Gasteiger partial charge is 0.496 e. The molecule has 3 aromatic rings. The van der Waals surface area contributed by atoms with Gasteiger partial charge in [0.2, 0.25) is 5.91 Å². The van der Waals surface area contributed by atoms with E-state index in [4.69, 9.17) is 4.74 Å². The molecule has 1 aromatic heterocycles. The van der Waals surface area contributed by atoms with Crippen molar-refractivity contribution in [1.29, 1.82) is 0 Å². The summed E-state index contributed by atoms with van der Waals surface area (Å²) in [4.78, 5) is 19.9. The van der Waals surface area contributed by atoms with Crippen LogP contribution in [0.3, 0.4) is 0 Å². The summed E-state index contributed by atoms with van der Waals surface area (Å²) in [5, 5.41) is 8.92. The highest BCUT2D eigenvalue weighted by Crippen LogP contribution is 2.29. The fourth-order valence-electron chi connectivity index (χ4n) is 5.08. The second-order valence-corrected chi connectivity index (χ2v) is 9.33. The minimum atomic E-state index is 0.104. The minimum Gasteiger partial charge on any atom is -0.496 e. The number of aromatic nitrogens is 2. The van der Waals surface area contributed by atoms with Crippen LogP contribution in [0.4, 0.5) is 5.82 Å². The van der Waals surface area contributed by atoms with Gasteiger partial charge in [-0.1, -0.05) is 42.5 Å². The number of carbonyl (C=O) groups is 1. The predicted octanol–water partition coefficient (Wildman–Crippen LogP) is 3.71. The second-order valence-electron chi connectivity index (χ2n) is 9.33. The molecule has 2 aliphatic heterocycles. The Kier molecular flexibility index (Phi) is 7.23. The smallest absolute Gasteiger partial charge is 0.225 e. The number of anilines is 1. The van der Waals surface area contributed by atoms with Gasteiger partial charge in [-0.15, -0.1) is 10.2 Å². The Morgan fingerprint density at radius 3 is 2.26 bits per heavy atom. The molecule has 0 radical (unpaired) electrons. The van der Waals surface area contributed by atoms with E-state index in [1.165, 1.54) is 5.56 Å². The number of piperazine rings is 1. The summed E-state index contributed by atoms with van der Waals surface area (Å²) in [5.41, 5.74) is 3.06. The quantitative estimate of drug-likeness (QED) is 0.546. The topological polar surface area (TPSA) is 61.8 Å². The van der Waals surface area contributed by atoms with Crippen LogP contribution in [0.2, 0.25) is 0 Å². The molecule has 182 valence electrons. The third-order valence-corrected chi connectivity index (χ3v) is 7.13. The van der Waals surface area contributed by atoms with Gasteiger partial charge in [-0.2, -0.15) is 0 Å². The molecule has 35 heavy (non-hydrogen) atoms. The highest BCUT2D eigenvalue weighted by Gasteiger charge is 2.31. The fourth-order valence-corrected chi connectivity index (χ4v) is 5.08. The Labute approximate surface area is 207 Å². The van der Waals surface area contributed by atoms with E-state index in [9.17, 15) is 4.79 Å². The number of benzene rings is 2. The zero-order valence-corrected chi connectivity index (χ0v) is 20.3. The number of hydrogen-bond donors (Lipinski definition) is 0. The molecule has 3 heterocycles. The molecule has 2 aromatic carbocycles. The van der Waals surface area contributed by atoms with E-state index in [2.05, 4.69) is 55.2 Å². The summed E-state index contributed by atoms with van der Waals surface area (Å²) < 4.78 is 5.45. The number of amides is 1. The Bertz CT molecular complexity index is 1110. The minimum absolute atomic E-state index is 0.104. The Hall–Kier alpha value is -3.45. The van der Waals surface area contributed by atoms with Gasteiger partial charge in [-0.25, -0.2) is 0 Å². The Morgan fingerprint density at radius 1 is 0.857 bits per heavy atom. The average Bonchev–Trinajstić information content (AvgIpc) is 2.94. The van der Waals surface area contributed by atoms with Crippen LogP contribution in [0.15, 0.2) is 66.7 Å². The molecule has 0 atom stereocenters. The molecule has 2 fully saturated rings. The average molecular weight is 472 g/mol. The summed E-state index contributed by atoms with van der Waals surface area (Å²) in [7, 11) is 1.66. The number of para-hydroxylation sites is 1. The summed E-state index contributed by atoms with van der Waals surface area (Å²) in [6.07, 6.45) is 1.72. The number of nitrogens with zero attached hydrogens (tertiary/aromatic N) is 5. The fraction of sp³-hybridized carbons (Fsp3) is 0.393. The lowest BCUT2D eigenvalue weighted by atomic mass is 9.95. The first kappa shape index (κ1) is 23.3. The third-order valence-electron chi connectivity index (χ3n) is 7.13. The van der Waals surface area contributed by atoms with Crippen molar-refractivity contribution in [3.63, 3.8) is 0 Å². The monoisotopic (exact) mass is 471 g/mol.